The molecule has 1 aromatic carbocycles. The number of nitrogens with zero attached hydrogens (tertiary/aromatic N) is 1. The number of carbonyl (C=O) groups excluding carboxylic acids is 1. The van der Waals surface area contributed by atoms with E-state index in [1.54, 1.807) is 12.1 Å². The number of benzene rings is 1. The lowest BCUT2D eigenvalue weighted by molar-refractivity contribution is 0.0471. The number of rotatable bonds is 3. The molecule has 3 rings (SSSR count). The molecular formula is C18H23NO4. The van der Waals surface area contributed by atoms with Gasteiger partial charge in [-0.1, -0.05) is 0 Å². The highest BCUT2D eigenvalue weighted by atomic mass is 16.5. The molecule has 0 aromatic heterocycles. The molecule has 1 atom stereocenters. The van der Waals surface area contributed by atoms with Crippen molar-refractivity contribution in [3.05, 3.63) is 34.9 Å². The van der Waals surface area contributed by atoms with Gasteiger partial charge in [-0.3, -0.25) is 4.79 Å². The van der Waals surface area contributed by atoms with E-state index in [9.17, 15) is 9.59 Å². The molecule has 2 heterocycles. The van der Waals surface area contributed by atoms with Gasteiger partial charge in [0.05, 0.1) is 5.56 Å². The fourth-order valence-corrected chi connectivity index (χ4v) is 3.76. The number of carboxylic acids is 1. The summed E-state index contributed by atoms with van der Waals surface area (Å²) in [4.78, 5) is 25.8. The number of hydrogen-bond donors (Lipinski definition) is 1. The fraction of sp³-hybridized carbons (Fsp3) is 0.556. The minimum Gasteiger partial charge on any atom is -0.478 e. The van der Waals surface area contributed by atoms with Gasteiger partial charge >= 0.3 is 5.97 Å². The van der Waals surface area contributed by atoms with Crippen molar-refractivity contribution >= 4 is 11.9 Å². The lowest BCUT2D eigenvalue weighted by atomic mass is 9.85. The van der Waals surface area contributed by atoms with Crippen LogP contribution in [0.1, 0.15) is 45.5 Å². The summed E-state index contributed by atoms with van der Waals surface area (Å²) in [6, 6.07) is 4.85. The van der Waals surface area contributed by atoms with Gasteiger partial charge in [0.15, 0.2) is 0 Å². The highest BCUT2D eigenvalue weighted by molar-refractivity contribution is 5.98. The number of carboxylic acid groups (broad SMARTS) is 1. The van der Waals surface area contributed by atoms with Crippen molar-refractivity contribution in [3.63, 3.8) is 0 Å². The fourth-order valence-electron chi connectivity index (χ4n) is 3.76. The SMILES string of the molecule is Cc1cc(C(=O)O)cc(C(=O)N2CCC(C3CCOCC3)C2)c1. The molecule has 0 bridgehead atoms. The van der Waals surface area contributed by atoms with Crippen LogP contribution in [-0.2, 0) is 4.74 Å². The molecule has 124 valence electrons. The van der Waals surface area contributed by atoms with E-state index in [0.29, 0.717) is 17.4 Å². The van der Waals surface area contributed by atoms with Gasteiger partial charge in [-0.15, -0.1) is 0 Å². The maximum atomic E-state index is 12.7. The van der Waals surface area contributed by atoms with E-state index in [1.807, 2.05) is 11.8 Å². The second kappa shape index (κ2) is 6.71. The van der Waals surface area contributed by atoms with E-state index in [1.165, 1.54) is 6.07 Å². The molecule has 0 aliphatic carbocycles. The van der Waals surface area contributed by atoms with Crippen molar-refractivity contribution < 1.29 is 19.4 Å². The van der Waals surface area contributed by atoms with Crippen LogP contribution in [0, 0.1) is 18.8 Å². The number of ether oxygens (including phenoxy) is 1. The Bertz CT molecular complexity index is 607. The first kappa shape index (κ1) is 16.0. The van der Waals surface area contributed by atoms with Crippen molar-refractivity contribution in [2.45, 2.75) is 26.2 Å². The first-order valence-corrected chi connectivity index (χ1v) is 8.26. The molecule has 1 aromatic rings. The van der Waals surface area contributed by atoms with E-state index < -0.39 is 5.97 Å². The molecule has 1 amide bonds. The molecule has 2 fully saturated rings. The predicted molar refractivity (Wildman–Crippen MR) is 85.7 cm³/mol. The van der Waals surface area contributed by atoms with Crippen LogP contribution in [0.15, 0.2) is 18.2 Å². The van der Waals surface area contributed by atoms with Gasteiger partial charge in [-0.25, -0.2) is 4.79 Å². The highest BCUT2D eigenvalue weighted by Gasteiger charge is 2.33. The molecule has 2 saturated heterocycles. The summed E-state index contributed by atoms with van der Waals surface area (Å²) >= 11 is 0. The van der Waals surface area contributed by atoms with Gasteiger partial charge in [-0.2, -0.15) is 0 Å². The molecule has 2 aliphatic rings. The Hall–Kier alpha value is -1.88. The van der Waals surface area contributed by atoms with Crippen molar-refractivity contribution in [2.75, 3.05) is 26.3 Å². The topological polar surface area (TPSA) is 66.8 Å². The van der Waals surface area contributed by atoms with E-state index in [2.05, 4.69) is 0 Å². The van der Waals surface area contributed by atoms with Crippen LogP contribution in [0.2, 0.25) is 0 Å². The zero-order valence-corrected chi connectivity index (χ0v) is 13.5. The number of carbonyl (C=O) groups is 2. The lowest BCUT2D eigenvalue weighted by Gasteiger charge is -2.27. The lowest BCUT2D eigenvalue weighted by Crippen LogP contribution is -2.31. The first-order valence-electron chi connectivity index (χ1n) is 8.26. The number of aromatic carboxylic acids is 1. The Morgan fingerprint density at radius 3 is 2.48 bits per heavy atom. The van der Waals surface area contributed by atoms with Crippen molar-refractivity contribution in [3.8, 4) is 0 Å². The first-order chi connectivity index (χ1) is 11.0. The van der Waals surface area contributed by atoms with Crippen molar-refractivity contribution in [1.29, 1.82) is 0 Å². The Morgan fingerprint density at radius 2 is 1.78 bits per heavy atom. The number of amides is 1. The quantitative estimate of drug-likeness (QED) is 0.930. The monoisotopic (exact) mass is 317 g/mol. The Balaban J connectivity index is 1.70. The molecule has 1 unspecified atom stereocenters. The standard InChI is InChI=1S/C18H23NO4/c1-12-8-15(10-16(9-12)18(21)22)17(20)19-5-2-14(11-19)13-3-6-23-7-4-13/h8-10,13-14H,2-7,11H2,1H3,(H,21,22). The Kier molecular flexibility index (Phi) is 4.66. The van der Waals surface area contributed by atoms with Crippen LogP contribution in [-0.4, -0.2) is 48.2 Å². The summed E-state index contributed by atoms with van der Waals surface area (Å²) in [6.45, 7) is 5.01. The van der Waals surface area contributed by atoms with Crippen LogP contribution in [0.25, 0.3) is 0 Å². The molecular weight excluding hydrogens is 294 g/mol. The minimum absolute atomic E-state index is 0.0502. The Morgan fingerprint density at radius 1 is 1.09 bits per heavy atom. The third-order valence-corrected chi connectivity index (χ3v) is 5.02. The molecule has 5 heteroatoms. The van der Waals surface area contributed by atoms with Gasteiger partial charge < -0.3 is 14.7 Å². The zero-order valence-electron chi connectivity index (χ0n) is 13.5. The Labute approximate surface area is 136 Å². The maximum absolute atomic E-state index is 12.7. The number of aryl methyl sites for hydroxylation is 1. The smallest absolute Gasteiger partial charge is 0.335 e. The van der Waals surface area contributed by atoms with Crippen LogP contribution in [0.4, 0.5) is 0 Å². The second-order valence-corrected chi connectivity index (χ2v) is 6.64. The molecule has 0 spiro atoms. The van der Waals surface area contributed by atoms with E-state index in [0.717, 1.165) is 51.1 Å². The molecule has 23 heavy (non-hydrogen) atoms. The van der Waals surface area contributed by atoms with Gasteiger partial charge in [0.1, 0.15) is 0 Å². The van der Waals surface area contributed by atoms with Crippen molar-refractivity contribution in [2.24, 2.45) is 11.8 Å². The predicted octanol–water partition coefficient (Wildman–Crippen LogP) is 2.58. The van der Waals surface area contributed by atoms with Gasteiger partial charge in [0, 0.05) is 31.9 Å². The summed E-state index contributed by atoms with van der Waals surface area (Å²) in [5.74, 6) is 0.148. The van der Waals surface area contributed by atoms with Crippen molar-refractivity contribution in [1.82, 2.24) is 4.90 Å². The summed E-state index contributed by atoms with van der Waals surface area (Å²) in [6.07, 6.45) is 3.20. The summed E-state index contributed by atoms with van der Waals surface area (Å²) in [5, 5.41) is 9.16. The second-order valence-electron chi connectivity index (χ2n) is 6.64. The summed E-state index contributed by atoms with van der Waals surface area (Å²) in [7, 11) is 0. The van der Waals surface area contributed by atoms with Crippen LogP contribution < -0.4 is 0 Å². The molecule has 0 saturated carbocycles. The van der Waals surface area contributed by atoms with Gasteiger partial charge in [0.25, 0.3) is 5.91 Å². The average Bonchev–Trinajstić information content (AvgIpc) is 3.04. The molecule has 2 aliphatic heterocycles. The highest BCUT2D eigenvalue weighted by Crippen LogP contribution is 2.31. The third-order valence-electron chi connectivity index (χ3n) is 5.02. The average molecular weight is 317 g/mol. The van der Waals surface area contributed by atoms with E-state index >= 15 is 0 Å². The molecule has 0 radical (unpaired) electrons. The van der Waals surface area contributed by atoms with Crippen LogP contribution in [0.3, 0.4) is 0 Å². The van der Waals surface area contributed by atoms with E-state index in [-0.39, 0.29) is 11.5 Å². The number of hydrogen-bond acceptors (Lipinski definition) is 3. The van der Waals surface area contributed by atoms with Gasteiger partial charge in [-0.05, 0) is 61.8 Å². The maximum Gasteiger partial charge on any atom is 0.335 e. The van der Waals surface area contributed by atoms with Crippen LogP contribution in [0.5, 0.6) is 0 Å². The zero-order chi connectivity index (χ0) is 16.4. The summed E-state index contributed by atoms with van der Waals surface area (Å²) in [5.41, 5.74) is 1.46. The molecule has 5 nitrogen and oxygen atoms in total. The van der Waals surface area contributed by atoms with Crippen LogP contribution >= 0.6 is 0 Å². The summed E-state index contributed by atoms with van der Waals surface area (Å²) < 4.78 is 5.42. The number of likely N-dealkylation sites (tertiary alicyclic amines) is 1. The van der Waals surface area contributed by atoms with Gasteiger partial charge in [0.2, 0.25) is 0 Å². The largest absolute Gasteiger partial charge is 0.478 e. The normalized spacial score (nSPS) is 22.3. The molecule has 1 N–H and O–H groups in total. The minimum atomic E-state index is -0.996. The third kappa shape index (κ3) is 3.55. The van der Waals surface area contributed by atoms with E-state index in [4.69, 9.17) is 9.84 Å².